The quantitative estimate of drug-likeness (QED) is 0.888. The van der Waals surface area contributed by atoms with Crippen LogP contribution in [0.3, 0.4) is 0 Å². The van der Waals surface area contributed by atoms with Crippen LogP contribution in [0.4, 0.5) is 0 Å². The third-order valence-electron chi connectivity index (χ3n) is 4.34. The van der Waals surface area contributed by atoms with Gasteiger partial charge in [0.15, 0.2) is 0 Å². The van der Waals surface area contributed by atoms with Crippen LogP contribution < -0.4 is 10.1 Å². The zero-order chi connectivity index (χ0) is 14.7. The molecule has 3 rings (SSSR count). The number of nitrogens with one attached hydrogen (secondary N) is 1. The second-order valence-corrected chi connectivity index (χ2v) is 5.70. The largest absolute Gasteiger partial charge is 0.496 e. The summed E-state index contributed by atoms with van der Waals surface area (Å²) >= 11 is 0. The van der Waals surface area contributed by atoms with E-state index in [1.165, 1.54) is 23.7 Å². The lowest BCUT2D eigenvalue weighted by molar-refractivity contribution is 0.0835. The summed E-state index contributed by atoms with van der Waals surface area (Å²) in [6.07, 6.45) is 4.88. The molecular weight excluding hydrogens is 264 g/mol. The third-order valence-corrected chi connectivity index (χ3v) is 4.34. The molecule has 1 aromatic carbocycles. The fourth-order valence-electron chi connectivity index (χ4n) is 3.11. The molecule has 1 aliphatic rings. The molecule has 1 saturated heterocycles. The predicted molar refractivity (Wildman–Crippen MR) is 84.9 cm³/mol. The van der Waals surface area contributed by atoms with Crippen LogP contribution in [-0.2, 0) is 11.3 Å². The first kappa shape index (κ1) is 14.4. The minimum atomic E-state index is 0.381. The van der Waals surface area contributed by atoms with Crippen LogP contribution in [0.25, 0.3) is 10.9 Å². The monoisotopic (exact) mass is 288 g/mol. The number of nitrogens with zero attached hydrogens (tertiary/aromatic N) is 1. The van der Waals surface area contributed by atoms with Crippen molar-refractivity contribution in [3.63, 3.8) is 0 Å². The van der Waals surface area contributed by atoms with E-state index in [0.29, 0.717) is 12.1 Å². The van der Waals surface area contributed by atoms with Crippen LogP contribution in [0.15, 0.2) is 30.5 Å². The Morgan fingerprint density at radius 1 is 1.43 bits per heavy atom. The second-order valence-electron chi connectivity index (χ2n) is 5.70. The summed E-state index contributed by atoms with van der Waals surface area (Å²) < 4.78 is 13.4. The van der Waals surface area contributed by atoms with E-state index in [0.717, 1.165) is 25.4 Å². The highest BCUT2D eigenvalue weighted by molar-refractivity contribution is 5.86. The van der Waals surface area contributed by atoms with Crippen molar-refractivity contribution in [3.05, 3.63) is 30.5 Å². The summed E-state index contributed by atoms with van der Waals surface area (Å²) in [6.45, 7) is 5.03. The van der Waals surface area contributed by atoms with Crippen molar-refractivity contribution >= 4 is 10.9 Å². The molecule has 0 radical (unpaired) electrons. The maximum absolute atomic E-state index is 5.72. The fourth-order valence-corrected chi connectivity index (χ4v) is 3.11. The van der Waals surface area contributed by atoms with Crippen molar-refractivity contribution in [1.82, 2.24) is 9.88 Å². The van der Waals surface area contributed by atoms with E-state index in [4.69, 9.17) is 9.47 Å². The van der Waals surface area contributed by atoms with E-state index in [9.17, 15) is 0 Å². The molecule has 1 aliphatic heterocycles. The first-order chi connectivity index (χ1) is 10.3. The standard InChI is InChI=1S/C17H24N2O2/c1-13(16-7-4-12-21-16)18-9-11-19-10-8-14-15(19)5-3-6-17(14)20-2/h3,5-6,8,10,13,16,18H,4,7,9,11-12H2,1-2H3. The van der Waals surface area contributed by atoms with Gasteiger partial charge in [0.25, 0.3) is 0 Å². The summed E-state index contributed by atoms with van der Waals surface area (Å²) in [6, 6.07) is 8.73. The Bertz CT molecular complexity index is 587. The topological polar surface area (TPSA) is 35.4 Å². The minimum absolute atomic E-state index is 0.381. The van der Waals surface area contributed by atoms with Gasteiger partial charge in [-0.3, -0.25) is 0 Å². The Balaban J connectivity index is 1.60. The first-order valence-corrected chi connectivity index (χ1v) is 7.76. The molecule has 0 saturated carbocycles. The van der Waals surface area contributed by atoms with Crippen LogP contribution in [0.2, 0.25) is 0 Å². The molecule has 0 bridgehead atoms. The van der Waals surface area contributed by atoms with Gasteiger partial charge in [0, 0.05) is 37.3 Å². The molecule has 0 aliphatic carbocycles. The zero-order valence-electron chi connectivity index (χ0n) is 12.8. The van der Waals surface area contributed by atoms with E-state index >= 15 is 0 Å². The molecule has 21 heavy (non-hydrogen) atoms. The average Bonchev–Trinajstić information content (AvgIpc) is 3.16. The van der Waals surface area contributed by atoms with E-state index in [1.54, 1.807) is 7.11 Å². The van der Waals surface area contributed by atoms with Gasteiger partial charge in [0.1, 0.15) is 5.75 Å². The Labute approximate surface area is 126 Å². The lowest BCUT2D eigenvalue weighted by atomic mass is 10.1. The van der Waals surface area contributed by atoms with Crippen molar-refractivity contribution in [2.75, 3.05) is 20.3 Å². The third kappa shape index (κ3) is 3.06. The van der Waals surface area contributed by atoms with E-state index in [-0.39, 0.29) is 0 Å². The summed E-state index contributed by atoms with van der Waals surface area (Å²) in [4.78, 5) is 0. The highest BCUT2D eigenvalue weighted by Crippen LogP contribution is 2.26. The Kier molecular flexibility index (Phi) is 4.46. The fraction of sp³-hybridized carbons (Fsp3) is 0.529. The second kappa shape index (κ2) is 6.50. The number of aromatic nitrogens is 1. The average molecular weight is 288 g/mol. The van der Waals surface area contributed by atoms with Gasteiger partial charge in [-0.1, -0.05) is 6.07 Å². The number of benzene rings is 1. The van der Waals surface area contributed by atoms with Crippen LogP contribution in [0.5, 0.6) is 5.75 Å². The molecule has 2 atom stereocenters. The van der Waals surface area contributed by atoms with Crippen molar-refractivity contribution in [2.45, 2.75) is 38.5 Å². The SMILES string of the molecule is COc1cccc2c1ccn2CCNC(C)C1CCCO1. The molecule has 0 amide bonds. The lowest BCUT2D eigenvalue weighted by Gasteiger charge is -2.20. The smallest absolute Gasteiger partial charge is 0.128 e. The van der Waals surface area contributed by atoms with Crippen molar-refractivity contribution < 1.29 is 9.47 Å². The number of ether oxygens (including phenoxy) is 2. The van der Waals surface area contributed by atoms with Gasteiger partial charge in [-0.2, -0.15) is 0 Å². The van der Waals surface area contributed by atoms with Gasteiger partial charge in [0.05, 0.1) is 18.7 Å². The minimum Gasteiger partial charge on any atom is -0.496 e. The van der Waals surface area contributed by atoms with E-state index in [1.807, 2.05) is 12.1 Å². The van der Waals surface area contributed by atoms with Gasteiger partial charge < -0.3 is 19.4 Å². The summed E-state index contributed by atoms with van der Waals surface area (Å²) in [5, 5.41) is 4.75. The normalized spacial score (nSPS) is 20.0. The number of rotatable bonds is 6. The molecule has 4 nitrogen and oxygen atoms in total. The first-order valence-electron chi connectivity index (χ1n) is 7.76. The summed E-state index contributed by atoms with van der Waals surface area (Å²) in [7, 11) is 1.72. The Morgan fingerprint density at radius 2 is 2.33 bits per heavy atom. The maximum Gasteiger partial charge on any atom is 0.128 e. The van der Waals surface area contributed by atoms with Gasteiger partial charge in [0.2, 0.25) is 0 Å². The molecule has 2 aromatic rings. The van der Waals surface area contributed by atoms with Crippen molar-refractivity contribution in [1.29, 1.82) is 0 Å². The molecule has 1 N–H and O–H groups in total. The highest BCUT2D eigenvalue weighted by Gasteiger charge is 2.21. The predicted octanol–water partition coefficient (Wildman–Crippen LogP) is 2.81. The number of methoxy groups -OCH3 is 1. The van der Waals surface area contributed by atoms with Crippen LogP contribution in [0.1, 0.15) is 19.8 Å². The molecule has 4 heteroatoms. The number of hydrogen-bond acceptors (Lipinski definition) is 3. The molecule has 114 valence electrons. The van der Waals surface area contributed by atoms with Gasteiger partial charge in [-0.25, -0.2) is 0 Å². The van der Waals surface area contributed by atoms with Gasteiger partial charge in [-0.15, -0.1) is 0 Å². The number of hydrogen-bond donors (Lipinski definition) is 1. The molecular formula is C17H24N2O2. The van der Waals surface area contributed by atoms with Crippen LogP contribution in [0, 0.1) is 0 Å². The zero-order valence-corrected chi connectivity index (χ0v) is 12.8. The Morgan fingerprint density at radius 3 is 3.10 bits per heavy atom. The van der Waals surface area contributed by atoms with Crippen molar-refractivity contribution in [2.24, 2.45) is 0 Å². The number of fused-ring (bicyclic) bond motifs is 1. The van der Waals surface area contributed by atoms with Gasteiger partial charge in [-0.05, 0) is 38.0 Å². The molecule has 2 heterocycles. The van der Waals surface area contributed by atoms with E-state index in [2.05, 4.69) is 35.1 Å². The molecule has 2 unspecified atom stereocenters. The molecule has 1 aromatic heterocycles. The van der Waals surface area contributed by atoms with Crippen LogP contribution >= 0.6 is 0 Å². The summed E-state index contributed by atoms with van der Waals surface area (Å²) in [5.74, 6) is 0.937. The molecule has 1 fully saturated rings. The summed E-state index contributed by atoms with van der Waals surface area (Å²) in [5.41, 5.74) is 1.22. The van der Waals surface area contributed by atoms with Crippen molar-refractivity contribution in [3.8, 4) is 5.75 Å². The molecule has 0 spiro atoms. The maximum atomic E-state index is 5.72. The van der Waals surface area contributed by atoms with Crippen LogP contribution in [-0.4, -0.2) is 37.0 Å². The van der Waals surface area contributed by atoms with E-state index < -0.39 is 0 Å². The lowest BCUT2D eigenvalue weighted by Crippen LogP contribution is -2.38. The van der Waals surface area contributed by atoms with Gasteiger partial charge >= 0.3 is 0 Å². The Hall–Kier alpha value is -1.52. The highest BCUT2D eigenvalue weighted by atomic mass is 16.5.